The van der Waals surface area contributed by atoms with Crippen LogP contribution in [0.5, 0.6) is 5.88 Å². The van der Waals surface area contributed by atoms with E-state index in [-0.39, 0.29) is 17.0 Å². The van der Waals surface area contributed by atoms with Gasteiger partial charge in [0, 0.05) is 6.20 Å². The molecule has 2 rings (SSSR count). The van der Waals surface area contributed by atoms with Crippen molar-refractivity contribution in [2.24, 2.45) is 5.73 Å². The van der Waals surface area contributed by atoms with Gasteiger partial charge in [0.2, 0.25) is 5.88 Å². The van der Waals surface area contributed by atoms with Gasteiger partial charge in [-0.25, -0.2) is 4.98 Å². The summed E-state index contributed by atoms with van der Waals surface area (Å²) in [6, 6.07) is 9.70. The monoisotopic (exact) mass is 271 g/mol. The third-order valence-corrected chi connectivity index (χ3v) is 2.65. The number of para-hydroxylation sites is 1. The molecule has 0 atom stereocenters. The zero-order valence-corrected chi connectivity index (χ0v) is 10.8. The molecule has 2 aromatic rings. The third-order valence-electron chi connectivity index (χ3n) is 2.65. The quantitative estimate of drug-likeness (QED) is 0.879. The normalized spacial score (nSPS) is 9.85. The second-order valence-corrected chi connectivity index (χ2v) is 3.92. The van der Waals surface area contributed by atoms with Crippen LogP contribution in [-0.2, 0) is 0 Å². The second kappa shape index (κ2) is 5.83. The molecule has 1 aromatic heterocycles. The molecule has 0 aliphatic rings. The van der Waals surface area contributed by atoms with Gasteiger partial charge < -0.3 is 15.8 Å². The minimum atomic E-state index is -0.612. The summed E-state index contributed by atoms with van der Waals surface area (Å²) in [5, 5.41) is 2.62. The molecule has 0 saturated heterocycles. The molecular weight excluding hydrogens is 258 g/mol. The number of rotatable bonds is 4. The number of amides is 2. The topological polar surface area (TPSA) is 94.3 Å². The number of nitrogens with zero attached hydrogens (tertiary/aromatic N) is 1. The lowest BCUT2D eigenvalue weighted by atomic mass is 10.1. The number of aromatic nitrogens is 1. The minimum Gasteiger partial charge on any atom is -0.480 e. The van der Waals surface area contributed by atoms with Crippen molar-refractivity contribution in [3.05, 3.63) is 53.7 Å². The van der Waals surface area contributed by atoms with E-state index in [1.807, 2.05) is 0 Å². The highest BCUT2D eigenvalue weighted by Crippen LogP contribution is 2.19. The molecule has 0 saturated carbocycles. The van der Waals surface area contributed by atoms with Crippen LogP contribution in [0.25, 0.3) is 0 Å². The first-order valence-corrected chi connectivity index (χ1v) is 5.82. The molecule has 6 heteroatoms. The Labute approximate surface area is 115 Å². The molecule has 0 radical (unpaired) electrons. The van der Waals surface area contributed by atoms with Crippen molar-refractivity contribution in [1.82, 2.24) is 4.98 Å². The number of primary amides is 1. The van der Waals surface area contributed by atoms with Crippen LogP contribution < -0.4 is 15.8 Å². The Morgan fingerprint density at radius 3 is 2.55 bits per heavy atom. The molecule has 1 aromatic carbocycles. The predicted molar refractivity (Wildman–Crippen MR) is 73.7 cm³/mol. The van der Waals surface area contributed by atoms with E-state index in [1.54, 1.807) is 36.4 Å². The van der Waals surface area contributed by atoms with E-state index in [9.17, 15) is 9.59 Å². The van der Waals surface area contributed by atoms with Crippen LogP contribution in [0.1, 0.15) is 20.7 Å². The lowest BCUT2D eigenvalue weighted by molar-refractivity contribution is 0.100. The number of nitrogens with one attached hydrogen (secondary N) is 1. The number of carbonyl (C=O) groups excluding carboxylic acids is 2. The Morgan fingerprint density at radius 2 is 1.85 bits per heavy atom. The lowest BCUT2D eigenvalue weighted by Gasteiger charge is -2.10. The fourth-order valence-corrected chi connectivity index (χ4v) is 1.72. The van der Waals surface area contributed by atoms with Crippen molar-refractivity contribution in [3.8, 4) is 5.88 Å². The van der Waals surface area contributed by atoms with Crippen molar-refractivity contribution in [3.63, 3.8) is 0 Å². The SMILES string of the molecule is COc1ncccc1C(=O)Nc1ccccc1C(N)=O. The number of carbonyl (C=O) groups is 2. The van der Waals surface area contributed by atoms with Crippen LogP contribution in [-0.4, -0.2) is 23.9 Å². The van der Waals surface area contributed by atoms with Gasteiger partial charge in [0.25, 0.3) is 11.8 Å². The summed E-state index contributed by atoms with van der Waals surface area (Å²) in [7, 11) is 1.43. The number of pyridine rings is 1. The molecule has 0 unspecified atom stereocenters. The molecule has 102 valence electrons. The Hall–Kier alpha value is -2.89. The van der Waals surface area contributed by atoms with E-state index in [4.69, 9.17) is 10.5 Å². The van der Waals surface area contributed by atoms with Gasteiger partial charge in [-0.3, -0.25) is 9.59 Å². The predicted octanol–water partition coefficient (Wildman–Crippen LogP) is 1.44. The molecule has 1 heterocycles. The standard InChI is InChI=1S/C14H13N3O3/c1-20-14-10(6-4-8-16-14)13(19)17-11-7-3-2-5-9(11)12(15)18/h2-8H,1H3,(H2,15,18)(H,17,19). The first kappa shape index (κ1) is 13.5. The van der Waals surface area contributed by atoms with E-state index in [0.29, 0.717) is 5.69 Å². The number of anilines is 1. The van der Waals surface area contributed by atoms with Crippen LogP contribution in [0, 0.1) is 0 Å². The Morgan fingerprint density at radius 1 is 1.15 bits per heavy atom. The molecule has 0 aliphatic carbocycles. The number of ether oxygens (including phenoxy) is 1. The third kappa shape index (κ3) is 2.74. The van der Waals surface area contributed by atoms with Crippen LogP contribution in [0.3, 0.4) is 0 Å². The maximum Gasteiger partial charge on any atom is 0.261 e. The van der Waals surface area contributed by atoms with Crippen LogP contribution in [0.2, 0.25) is 0 Å². The average Bonchev–Trinajstić information content (AvgIpc) is 2.47. The van der Waals surface area contributed by atoms with Crippen molar-refractivity contribution in [1.29, 1.82) is 0 Å². The molecule has 2 amide bonds. The van der Waals surface area contributed by atoms with Gasteiger partial charge in [0.05, 0.1) is 18.4 Å². The summed E-state index contributed by atoms with van der Waals surface area (Å²) >= 11 is 0. The summed E-state index contributed by atoms with van der Waals surface area (Å²) in [5.74, 6) is -0.829. The first-order valence-electron chi connectivity index (χ1n) is 5.82. The van der Waals surface area contributed by atoms with E-state index in [2.05, 4.69) is 10.3 Å². The molecule has 6 nitrogen and oxygen atoms in total. The summed E-state index contributed by atoms with van der Waals surface area (Å²) in [5.41, 5.74) is 6.11. The molecule has 20 heavy (non-hydrogen) atoms. The van der Waals surface area contributed by atoms with Crippen molar-refractivity contribution in [2.75, 3.05) is 12.4 Å². The largest absolute Gasteiger partial charge is 0.480 e. The molecule has 0 bridgehead atoms. The van der Waals surface area contributed by atoms with Crippen molar-refractivity contribution in [2.45, 2.75) is 0 Å². The van der Waals surface area contributed by atoms with Gasteiger partial charge in [-0.1, -0.05) is 12.1 Å². The maximum atomic E-state index is 12.2. The van der Waals surface area contributed by atoms with E-state index in [1.165, 1.54) is 13.3 Å². The Balaban J connectivity index is 2.31. The van der Waals surface area contributed by atoms with E-state index >= 15 is 0 Å². The lowest BCUT2D eigenvalue weighted by Crippen LogP contribution is -2.18. The van der Waals surface area contributed by atoms with Crippen molar-refractivity contribution < 1.29 is 14.3 Å². The fraction of sp³-hybridized carbons (Fsp3) is 0.0714. The van der Waals surface area contributed by atoms with Crippen LogP contribution in [0.4, 0.5) is 5.69 Å². The molecule has 0 fully saturated rings. The Bertz CT molecular complexity index is 656. The second-order valence-electron chi connectivity index (χ2n) is 3.92. The number of methoxy groups -OCH3 is 1. The van der Waals surface area contributed by atoms with Gasteiger partial charge in [0.15, 0.2) is 0 Å². The van der Waals surface area contributed by atoms with Crippen LogP contribution >= 0.6 is 0 Å². The zero-order chi connectivity index (χ0) is 14.5. The van der Waals surface area contributed by atoms with E-state index < -0.39 is 11.8 Å². The van der Waals surface area contributed by atoms with E-state index in [0.717, 1.165) is 0 Å². The van der Waals surface area contributed by atoms with Gasteiger partial charge >= 0.3 is 0 Å². The number of nitrogens with two attached hydrogens (primary N) is 1. The number of hydrogen-bond donors (Lipinski definition) is 2. The van der Waals surface area contributed by atoms with Crippen molar-refractivity contribution >= 4 is 17.5 Å². The zero-order valence-electron chi connectivity index (χ0n) is 10.8. The highest BCUT2D eigenvalue weighted by atomic mass is 16.5. The van der Waals surface area contributed by atoms with Gasteiger partial charge in [-0.05, 0) is 24.3 Å². The highest BCUT2D eigenvalue weighted by Gasteiger charge is 2.15. The molecular formula is C14H13N3O3. The molecule has 0 aliphatic heterocycles. The summed E-state index contributed by atoms with van der Waals surface area (Å²) in [6.07, 6.45) is 1.52. The number of hydrogen-bond acceptors (Lipinski definition) is 4. The first-order chi connectivity index (χ1) is 9.63. The van der Waals surface area contributed by atoms with Gasteiger partial charge in [-0.15, -0.1) is 0 Å². The summed E-state index contributed by atoms with van der Waals surface area (Å²) in [6.45, 7) is 0. The van der Waals surface area contributed by atoms with Gasteiger partial charge in [-0.2, -0.15) is 0 Å². The Kier molecular flexibility index (Phi) is 3.95. The number of benzene rings is 1. The average molecular weight is 271 g/mol. The fourth-order valence-electron chi connectivity index (χ4n) is 1.72. The van der Waals surface area contributed by atoms with Crippen LogP contribution in [0.15, 0.2) is 42.6 Å². The summed E-state index contributed by atoms with van der Waals surface area (Å²) in [4.78, 5) is 27.4. The molecule has 3 N–H and O–H groups in total. The van der Waals surface area contributed by atoms with Gasteiger partial charge in [0.1, 0.15) is 5.56 Å². The minimum absolute atomic E-state index is 0.210. The molecule has 0 spiro atoms. The smallest absolute Gasteiger partial charge is 0.261 e. The summed E-state index contributed by atoms with van der Waals surface area (Å²) < 4.78 is 5.02. The maximum absolute atomic E-state index is 12.2. The highest BCUT2D eigenvalue weighted by molar-refractivity contribution is 6.09.